The zero-order valence-electron chi connectivity index (χ0n) is 13.3. The minimum absolute atomic E-state index is 0.0352. The molecule has 0 aliphatic rings. The van der Waals surface area contributed by atoms with E-state index in [4.69, 9.17) is 4.74 Å². The number of anilines is 3. The van der Waals surface area contributed by atoms with Crippen molar-refractivity contribution in [3.05, 3.63) is 78.7 Å². The van der Waals surface area contributed by atoms with Gasteiger partial charge in [-0.25, -0.2) is 9.37 Å². The fourth-order valence-electron chi connectivity index (χ4n) is 2.11. The summed E-state index contributed by atoms with van der Waals surface area (Å²) in [6, 6.07) is 19.1. The van der Waals surface area contributed by atoms with Crippen molar-refractivity contribution >= 4 is 23.1 Å². The van der Waals surface area contributed by atoms with Crippen molar-refractivity contribution in [1.29, 1.82) is 0 Å². The van der Waals surface area contributed by atoms with Gasteiger partial charge in [-0.05, 0) is 36.4 Å². The molecule has 3 aromatic rings. The van der Waals surface area contributed by atoms with E-state index in [1.165, 1.54) is 12.1 Å². The number of aromatic nitrogens is 1. The van der Waals surface area contributed by atoms with Crippen molar-refractivity contribution in [3.63, 3.8) is 0 Å². The van der Waals surface area contributed by atoms with Crippen molar-refractivity contribution in [2.45, 2.75) is 0 Å². The average Bonchev–Trinajstić information content (AvgIpc) is 2.64. The molecule has 0 saturated heterocycles. The molecule has 0 saturated carbocycles. The Hall–Kier alpha value is -3.41. The topological polar surface area (TPSA) is 63.2 Å². The summed E-state index contributed by atoms with van der Waals surface area (Å²) in [5.74, 6) is -0.502. The van der Waals surface area contributed by atoms with E-state index in [1.807, 2.05) is 30.3 Å². The molecule has 2 aromatic carbocycles. The normalized spacial score (nSPS) is 10.1. The lowest BCUT2D eigenvalue weighted by molar-refractivity contribution is -0.118. The van der Waals surface area contributed by atoms with Crippen LogP contribution in [0.3, 0.4) is 0 Å². The first kappa shape index (κ1) is 16.4. The van der Waals surface area contributed by atoms with Gasteiger partial charge in [-0.3, -0.25) is 4.79 Å². The minimum atomic E-state index is -0.509. The van der Waals surface area contributed by atoms with Gasteiger partial charge in [-0.1, -0.05) is 30.3 Å². The van der Waals surface area contributed by atoms with Crippen LogP contribution in [-0.4, -0.2) is 17.5 Å². The third-order valence-electron chi connectivity index (χ3n) is 3.29. The Balaban J connectivity index is 1.52. The SMILES string of the molecule is O=C(COc1ccccc1F)Nc1ccc(Nc2ccccc2)cn1. The summed E-state index contributed by atoms with van der Waals surface area (Å²) in [5.41, 5.74) is 1.74. The molecular weight excluding hydrogens is 321 g/mol. The molecule has 1 amide bonds. The Morgan fingerprint density at radius 2 is 1.72 bits per heavy atom. The number of amides is 1. The number of rotatable bonds is 6. The van der Waals surface area contributed by atoms with Crippen molar-refractivity contribution in [1.82, 2.24) is 4.98 Å². The van der Waals surface area contributed by atoms with E-state index in [1.54, 1.807) is 30.5 Å². The lowest BCUT2D eigenvalue weighted by Gasteiger charge is -2.09. The second-order valence-electron chi connectivity index (χ2n) is 5.19. The molecule has 0 atom stereocenters. The molecule has 2 N–H and O–H groups in total. The molecule has 0 fully saturated rings. The number of carbonyl (C=O) groups excluding carboxylic acids is 1. The Labute approximate surface area is 144 Å². The fourth-order valence-corrected chi connectivity index (χ4v) is 2.11. The maximum absolute atomic E-state index is 13.4. The number of benzene rings is 2. The van der Waals surface area contributed by atoms with Crippen LogP contribution in [0.2, 0.25) is 0 Å². The molecule has 3 rings (SSSR count). The van der Waals surface area contributed by atoms with Crippen LogP contribution in [0.4, 0.5) is 21.6 Å². The van der Waals surface area contributed by atoms with Crippen molar-refractivity contribution in [3.8, 4) is 5.75 Å². The van der Waals surface area contributed by atoms with Gasteiger partial charge in [-0.2, -0.15) is 0 Å². The Bertz CT molecular complexity index is 839. The Morgan fingerprint density at radius 3 is 2.44 bits per heavy atom. The first-order chi connectivity index (χ1) is 12.2. The Morgan fingerprint density at radius 1 is 0.960 bits per heavy atom. The van der Waals surface area contributed by atoms with Crippen molar-refractivity contribution < 1.29 is 13.9 Å². The highest BCUT2D eigenvalue weighted by Crippen LogP contribution is 2.17. The number of para-hydroxylation sites is 2. The van der Waals surface area contributed by atoms with Crippen LogP contribution in [-0.2, 0) is 4.79 Å². The maximum atomic E-state index is 13.4. The number of pyridine rings is 1. The summed E-state index contributed by atoms with van der Waals surface area (Å²) < 4.78 is 18.6. The molecule has 1 heterocycles. The number of nitrogens with one attached hydrogen (secondary N) is 2. The van der Waals surface area contributed by atoms with Crippen LogP contribution < -0.4 is 15.4 Å². The van der Waals surface area contributed by atoms with E-state index in [-0.39, 0.29) is 12.4 Å². The van der Waals surface area contributed by atoms with Gasteiger partial charge < -0.3 is 15.4 Å². The van der Waals surface area contributed by atoms with Gasteiger partial charge in [0.1, 0.15) is 5.82 Å². The van der Waals surface area contributed by atoms with E-state index in [0.717, 1.165) is 11.4 Å². The summed E-state index contributed by atoms with van der Waals surface area (Å²) in [4.78, 5) is 16.0. The average molecular weight is 337 g/mol. The van der Waals surface area contributed by atoms with Crippen LogP contribution in [0.15, 0.2) is 72.9 Å². The van der Waals surface area contributed by atoms with Crippen LogP contribution in [0.5, 0.6) is 5.75 Å². The quantitative estimate of drug-likeness (QED) is 0.714. The molecule has 0 spiro atoms. The number of ether oxygens (including phenoxy) is 1. The van der Waals surface area contributed by atoms with Crippen molar-refractivity contribution in [2.24, 2.45) is 0 Å². The lowest BCUT2D eigenvalue weighted by atomic mass is 10.3. The second-order valence-corrected chi connectivity index (χ2v) is 5.19. The minimum Gasteiger partial charge on any atom is -0.481 e. The van der Waals surface area contributed by atoms with E-state index in [2.05, 4.69) is 15.6 Å². The molecule has 0 aliphatic carbocycles. The van der Waals surface area contributed by atoms with Gasteiger partial charge in [-0.15, -0.1) is 0 Å². The zero-order chi connectivity index (χ0) is 17.5. The summed E-state index contributed by atoms with van der Waals surface area (Å²) >= 11 is 0. The van der Waals surface area contributed by atoms with Gasteiger partial charge in [0.05, 0.1) is 11.9 Å². The summed E-state index contributed by atoms with van der Waals surface area (Å²) in [7, 11) is 0. The fraction of sp³-hybridized carbons (Fsp3) is 0.0526. The number of halogens is 1. The van der Waals surface area contributed by atoms with Crippen LogP contribution >= 0.6 is 0 Å². The van der Waals surface area contributed by atoms with Gasteiger partial charge in [0.15, 0.2) is 18.2 Å². The third kappa shape index (κ3) is 4.78. The van der Waals surface area contributed by atoms with Gasteiger partial charge in [0.25, 0.3) is 5.91 Å². The van der Waals surface area contributed by atoms with Crippen LogP contribution in [0.1, 0.15) is 0 Å². The smallest absolute Gasteiger partial charge is 0.263 e. The molecule has 0 radical (unpaired) electrons. The van der Waals surface area contributed by atoms with Gasteiger partial charge in [0.2, 0.25) is 0 Å². The molecule has 0 bridgehead atoms. The summed E-state index contributed by atoms with van der Waals surface area (Å²) in [5, 5.41) is 5.79. The maximum Gasteiger partial charge on any atom is 0.263 e. The standard InChI is InChI=1S/C19H16FN3O2/c20-16-8-4-5-9-17(16)25-13-19(24)23-18-11-10-15(12-21-18)22-14-6-2-1-3-7-14/h1-12,22H,13H2,(H,21,23,24). The highest BCUT2D eigenvalue weighted by Gasteiger charge is 2.07. The van der Waals surface area contributed by atoms with Crippen molar-refractivity contribution in [2.75, 3.05) is 17.2 Å². The second kappa shape index (κ2) is 7.92. The van der Waals surface area contributed by atoms with E-state index in [9.17, 15) is 9.18 Å². The summed E-state index contributed by atoms with van der Waals surface area (Å²) in [6.07, 6.45) is 1.61. The van der Waals surface area contributed by atoms with Crippen LogP contribution in [0.25, 0.3) is 0 Å². The molecule has 25 heavy (non-hydrogen) atoms. The first-order valence-corrected chi connectivity index (χ1v) is 7.66. The molecular formula is C19H16FN3O2. The lowest BCUT2D eigenvalue weighted by Crippen LogP contribution is -2.21. The number of nitrogens with zero attached hydrogens (tertiary/aromatic N) is 1. The van der Waals surface area contributed by atoms with E-state index >= 15 is 0 Å². The summed E-state index contributed by atoms with van der Waals surface area (Å²) in [6.45, 7) is -0.299. The number of hydrogen-bond acceptors (Lipinski definition) is 4. The highest BCUT2D eigenvalue weighted by molar-refractivity contribution is 5.91. The molecule has 0 aliphatic heterocycles. The molecule has 126 valence electrons. The number of hydrogen-bond donors (Lipinski definition) is 2. The molecule has 6 heteroatoms. The van der Waals surface area contributed by atoms with Gasteiger partial charge >= 0.3 is 0 Å². The zero-order valence-corrected chi connectivity index (χ0v) is 13.3. The molecule has 1 aromatic heterocycles. The largest absolute Gasteiger partial charge is 0.481 e. The monoisotopic (exact) mass is 337 g/mol. The molecule has 0 unspecified atom stereocenters. The predicted octanol–water partition coefficient (Wildman–Crippen LogP) is 3.98. The van der Waals surface area contributed by atoms with E-state index < -0.39 is 11.7 Å². The highest BCUT2D eigenvalue weighted by atomic mass is 19.1. The predicted molar refractivity (Wildman–Crippen MR) is 94.5 cm³/mol. The Kier molecular flexibility index (Phi) is 5.21. The third-order valence-corrected chi connectivity index (χ3v) is 3.29. The molecule has 5 nitrogen and oxygen atoms in total. The first-order valence-electron chi connectivity index (χ1n) is 7.66. The van der Waals surface area contributed by atoms with E-state index in [0.29, 0.717) is 5.82 Å². The van der Waals surface area contributed by atoms with Gasteiger partial charge in [0, 0.05) is 5.69 Å². The number of carbonyl (C=O) groups is 1. The van der Waals surface area contributed by atoms with Crippen LogP contribution in [0, 0.1) is 5.82 Å².